The van der Waals surface area contributed by atoms with Gasteiger partial charge < -0.3 is 5.32 Å². The van der Waals surface area contributed by atoms with Crippen LogP contribution < -0.4 is 5.32 Å². The van der Waals surface area contributed by atoms with Crippen LogP contribution in [0.1, 0.15) is 32.4 Å². The third-order valence-electron chi connectivity index (χ3n) is 4.18. The molecule has 1 fully saturated rings. The highest BCUT2D eigenvalue weighted by molar-refractivity contribution is 5.45. The van der Waals surface area contributed by atoms with Gasteiger partial charge in [0.15, 0.2) is 0 Å². The summed E-state index contributed by atoms with van der Waals surface area (Å²) in [6, 6.07) is 2.56. The molecule has 18 heavy (non-hydrogen) atoms. The van der Waals surface area contributed by atoms with Crippen LogP contribution in [0.3, 0.4) is 0 Å². The van der Waals surface area contributed by atoms with E-state index in [1.807, 2.05) is 13.0 Å². The summed E-state index contributed by atoms with van der Waals surface area (Å²) in [5, 5.41) is 7.84. The molecule has 0 bridgehead atoms. The number of nitrogens with zero attached hydrogens (tertiary/aromatic N) is 4. The zero-order valence-corrected chi connectivity index (χ0v) is 11.1. The minimum Gasteiger partial charge on any atom is -0.367 e. The number of hydrogen-bond donors (Lipinski definition) is 1. The van der Waals surface area contributed by atoms with Crippen LogP contribution in [-0.4, -0.2) is 25.6 Å². The van der Waals surface area contributed by atoms with Gasteiger partial charge >= 0.3 is 0 Å². The monoisotopic (exact) mass is 245 g/mol. The molecule has 96 valence electrons. The van der Waals surface area contributed by atoms with Gasteiger partial charge in [0, 0.05) is 17.8 Å². The first kappa shape index (κ1) is 11.4. The third-order valence-corrected chi connectivity index (χ3v) is 4.18. The number of anilines is 1. The summed E-state index contributed by atoms with van der Waals surface area (Å²) in [5.41, 5.74) is 0.969. The van der Waals surface area contributed by atoms with E-state index in [1.165, 1.54) is 12.8 Å². The van der Waals surface area contributed by atoms with E-state index < -0.39 is 0 Å². The predicted molar refractivity (Wildman–Crippen MR) is 70.5 cm³/mol. The smallest absolute Gasteiger partial charge is 0.254 e. The van der Waals surface area contributed by atoms with Crippen molar-refractivity contribution in [3.8, 4) is 0 Å². The van der Waals surface area contributed by atoms with Crippen LogP contribution in [-0.2, 0) is 0 Å². The molecule has 1 saturated carbocycles. The van der Waals surface area contributed by atoms with Crippen molar-refractivity contribution in [2.45, 2.75) is 39.7 Å². The van der Waals surface area contributed by atoms with E-state index in [9.17, 15) is 0 Å². The number of aromatic nitrogens is 4. The lowest BCUT2D eigenvalue weighted by molar-refractivity contribution is 0.434. The number of nitrogens with one attached hydrogen (secondary N) is 1. The topological polar surface area (TPSA) is 55.1 Å². The van der Waals surface area contributed by atoms with Crippen molar-refractivity contribution >= 4 is 11.6 Å². The predicted octanol–water partition coefficient (Wildman–Crippen LogP) is 2.28. The van der Waals surface area contributed by atoms with Crippen LogP contribution in [0.25, 0.3) is 5.78 Å². The van der Waals surface area contributed by atoms with Crippen LogP contribution in [0.5, 0.6) is 0 Å². The Morgan fingerprint density at radius 1 is 1.33 bits per heavy atom. The van der Waals surface area contributed by atoms with Crippen molar-refractivity contribution in [1.82, 2.24) is 19.6 Å². The van der Waals surface area contributed by atoms with Gasteiger partial charge in [0.1, 0.15) is 12.1 Å². The average Bonchev–Trinajstić information content (AvgIpc) is 2.90. The zero-order valence-electron chi connectivity index (χ0n) is 11.1. The van der Waals surface area contributed by atoms with E-state index in [0.29, 0.717) is 17.7 Å². The molecule has 0 radical (unpaired) electrons. The Hall–Kier alpha value is -1.65. The van der Waals surface area contributed by atoms with Crippen LogP contribution in [0, 0.1) is 18.8 Å². The van der Waals surface area contributed by atoms with Crippen molar-refractivity contribution in [2.75, 3.05) is 5.32 Å². The molecule has 1 aliphatic carbocycles. The summed E-state index contributed by atoms with van der Waals surface area (Å²) < 4.78 is 1.78. The summed E-state index contributed by atoms with van der Waals surface area (Å²) >= 11 is 0. The van der Waals surface area contributed by atoms with Crippen LogP contribution >= 0.6 is 0 Å². The summed E-state index contributed by atoms with van der Waals surface area (Å²) in [5.74, 6) is 3.14. The molecule has 0 spiro atoms. The first-order valence-electron chi connectivity index (χ1n) is 6.59. The highest BCUT2D eigenvalue weighted by Crippen LogP contribution is 2.33. The Kier molecular flexibility index (Phi) is 2.69. The van der Waals surface area contributed by atoms with Gasteiger partial charge in [-0.15, -0.1) is 0 Å². The van der Waals surface area contributed by atoms with Gasteiger partial charge in [-0.2, -0.15) is 14.6 Å². The van der Waals surface area contributed by atoms with E-state index in [1.54, 1.807) is 10.8 Å². The van der Waals surface area contributed by atoms with E-state index in [4.69, 9.17) is 0 Å². The third kappa shape index (κ3) is 1.83. The van der Waals surface area contributed by atoms with Gasteiger partial charge in [-0.3, -0.25) is 0 Å². The lowest BCUT2D eigenvalue weighted by Crippen LogP contribution is -2.25. The highest BCUT2D eigenvalue weighted by atomic mass is 15.4. The summed E-state index contributed by atoms with van der Waals surface area (Å²) in [6.45, 7) is 6.64. The Balaban J connectivity index is 1.92. The Morgan fingerprint density at radius 3 is 2.89 bits per heavy atom. The largest absolute Gasteiger partial charge is 0.367 e. The molecular weight excluding hydrogens is 226 g/mol. The first-order valence-corrected chi connectivity index (χ1v) is 6.59. The maximum atomic E-state index is 4.35. The molecule has 0 amide bonds. The molecule has 5 nitrogen and oxygen atoms in total. The molecule has 1 N–H and O–H groups in total. The lowest BCUT2D eigenvalue weighted by Gasteiger charge is -2.21. The standard InChI is InChI=1S/C13H19N5/c1-8-4-5-11(10(8)3)17-12-6-9(2)16-13-14-7-15-18(12)13/h6-8,10-11,17H,4-5H2,1-3H3. The fraction of sp³-hybridized carbons (Fsp3) is 0.615. The van der Waals surface area contributed by atoms with E-state index in [0.717, 1.165) is 17.4 Å². The molecule has 3 rings (SSSR count). The van der Waals surface area contributed by atoms with Gasteiger partial charge in [0.2, 0.25) is 0 Å². The lowest BCUT2D eigenvalue weighted by atomic mass is 9.98. The average molecular weight is 245 g/mol. The Morgan fingerprint density at radius 2 is 2.17 bits per heavy atom. The first-order chi connectivity index (χ1) is 8.65. The van der Waals surface area contributed by atoms with Crippen LogP contribution in [0.4, 0.5) is 5.82 Å². The molecular formula is C13H19N5. The van der Waals surface area contributed by atoms with Gasteiger partial charge in [-0.05, 0) is 31.6 Å². The second-order valence-electron chi connectivity index (χ2n) is 5.42. The summed E-state index contributed by atoms with van der Waals surface area (Å²) in [6.07, 6.45) is 4.07. The van der Waals surface area contributed by atoms with Crippen molar-refractivity contribution in [1.29, 1.82) is 0 Å². The molecule has 0 aliphatic heterocycles. The molecule has 2 aromatic rings. The zero-order chi connectivity index (χ0) is 12.7. The molecule has 2 aromatic heterocycles. The molecule has 1 aliphatic rings. The quantitative estimate of drug-likeness (QED) is 0.882. The van der Waals surface area contributed by atoms with Gasteiger partial charge in [-0.1, -0.05) is 13.8 Å². The Bertz CT molecular complexity index is 562. The molecule has 0 saturated heterocycles. The Labute approximate surface area is 107 Å². The normalized spacial score (nSPS) is 27.8. The molecule has 3 atom stereocenters. The van der Waals surface area contributed by atoms with E-state index >= 15 is 0 Å². The van der Waals surface area contributed by atoms with Crippen LogP contribution in [0.15, 0.2) is 12.4 Å². The second kappa shape index (κ2) is 4.23. The summed E-state index contributed by atoms with van der Waals surface area (Å²) in [4.78, 5) is 8.50. The SMILES string of the molecule is Cc1cc(NC2CCC(C)C2C)n2ncnc2n1. The van der Waals surface area contributed by atoms with E-state index in [-0.39, 0.29) is 0 Å². The maximum Gasteiger partial charge on any atom is 0.254 e. The van der Waals surface area contributed by atoms with Gasteiger partial charge in [-0.25, -0.2) is 4.98 Å². The second-order valence-corrected chi connectivity index (χ2v) is 5.42. The number of hydrogen-bond acceptors (Lipinski definition) is 4. The maximum absolute atomic E-state index is 4.35. The number of fused-ring (bicyclic) bond motifs is 1. The number of aryl methyl sites for hydroxylation is 1. The van der Waals surface area contributed by atoms with Crippen molar-refractivity contribution in [2.24, 2.45) is 11.8 Å². The van der Waals surface area contributed by atoms with Crippen LogP contribution in [0.2, 0.25) is 0 Å². The minimum absolute atomic E-state index is 0.522. The van der Waals surface area contributed by atoms with Gasteiger partial charge in [0.05, 0.1) is 0 Å². The molecule has 0 aromatic carbocycles. The molecule has 5 heteroatoms. The minimum atomic E-state index is 0.522. The van der Waals surface area contributed by atoms with Gasteiger partial charge in [0.25, 0.3) is 5.78 Å². The van der Waals surface area contributed by atoms with Crippen molar-refractivity contribution < 1.29 is 0 Å². The highest BCUT2D eigenvalue weighted by Gasteiger charge is 2.30. The summed E-state index contributed by atoms with van der Waals surface area (Å²) in [7, 11) is 0. The van der Waals surface area contributed by atoms with Crippen molar-refractivity contribution in [3.63, 3.8) is 0 Å². The molecule has 3 unspecified atom stereocenters. The molecule has 2 heterocycles. The van der Waals surface area contributed by atoms with Crippen molar-refractivity contribution in [3.05, 3.63) is 18.1 Å². The van der Waals surface area contributed by atoms with E-state index in [2.05, 4.69) is 34.2 Å². The fourth-order valence-electron chi connectivity index (χ4n) is 2.79. The fourth-order valence-corrected chi connectivity index (χ4v) is 2.79. The number of rotatable bonds is 2.